The molecule has 0 unspecified atom stereocenters. The minimum Gasteiger partial charge on any atom is -0.351 e. The van der Waals surface area contributed by atoms with E-state index in [2.05, 4.69) is 5.32 Å². The Bertz CT molecular complexity index is 1080. The Morgan fingerprint density at radius 1 is 1.03 bits per heavy atom. The van der Waals surface area contributed by atoms with Crippen molar-refractivity contribution >= 4 is 15.9 Å². The molecule has 1 saturated heterocycles. The summed E-state index contributed by atoms with van der Waals surface area (Å²) in [6.45, 7) is 3.99. The number of hydrogen-bond acceptors (Lipinski definition) is 4. The molecule has 1 N–H and O–H groups in total. The van der Waals surface area contributed by atoms with Gasteiger partial charge in [0.15, 0.2) is 0 Å². The fourth-order valence-electron chi connectivity index (χ4n) is 4.26. The number of halogens is 1. The lowest BCUT2D eigenvalue weighted by molar-refractivity contribution is -0.122. The van der Waals surface area contributed by atoms with Gasteiger partial charge in [-0.2, -0.15) is 4.31 Å². The maximum Gasteiger partial charge on any atom is 0.243 e. The van der Waals surface area contributed by atoms with Gasteiger partial charge in [-0.25, -0.2) is 12.8 Å². The van der Waals surface area contributed by atoms with Gasteiger partial charge in [-0.15, -0.1) is 0 Å². The van der Waals surface area contributed by atoms with E-state index in [4.69, 9.17) is 0 Å². The van der Waals surface area contributed by atoms with Crippen LogP contribution in [0.15, 0.2) is 41.3 Å². The second-order valence-corrected chi connectivity index (χ2v) is 10.3. The Hall–Kier alpha value is -2.29. The molecule has 0 bridgehead atoms. The summed E-state index contributed by atoms with van der Waals surface area (Å²) in [5.41, 5.74) is 3.79. The molecule has 0 radical (unpaired) electrons. The Balaban J connectivity index is 1.28. The topological polar surface area (TPSA) is 69.7 Å². The summed E-state index contributed by atoms with van der Waals surface area (Å²) in [6.07, 6.45) is 3.05. The Morgan fingerprint density at radius 2 is 1.77 bits per heavy atom. The van der Waals surface area contributed by atoms with E-state index in [0.717, 1.165) is 30.4 Å². The number of carbonyl (C=O) groups excluding carboxylic acids is 1. The first-order valence-electron chi connectivity index (χ1n) is 10.7. The molecular weight excluding hydrogens is 417 g/mol. The minimum atomic E-state index is -3.51. The van der Waals surface area contributed by atoms with Gasteiger partial charge in [-0.1, -0.05) is 18.2 Å². The van der Waals surface area contributed by atoms with Gasteiger partial charge in [0.25, 0.3) is 0 Å². The number of nitrogens with one attached hydrogen (secondary N) is 1. The molecule has 0 spiro atoms. The van der Waals surface area contributed by atoms with Crippen LogP contribution < -0.4 is 5.32 Å². The average Bonchev–Trinajstić information content (AvgIpc) is 3.23. The van der Waals surface area contributed by atoms with Crippen LogP contribution in [0, 0.1) is 12.7 Å². The van der Waals surface area contributed by atoms with Gasteiger partial charge in [0.2, 0.25) is 15.9 Å². The Labute approximate surface area is 183 Å². The number of fused-ring (bicyclic) bond motifs is 1. The molecule has 8 heteroatoms. The summed E-state index contributed by atoms with van der Waals surface area (Å²) < 4.78 is 40.9. The molecular formula is C23H28FN3O3S. The molecule has 1 fully saturated rings. The van der Waals surface area contributed by atoms with Gasteiger partial charge in [0.1, 0.15) is 5.82 Å². The molecule has 166 valence electrons. The molecule has 6 nitrogen and oxygen atoms in total. The molecule has 1 amide bonds. The largest absolute Gasteiger partial charge is 0.351 e. The van der Waals surface area contributed by atoms with E-state index in [1.54, 1.807) is 25.1 Å². The van der Waals surface area contributed by atoms with Crippen molar-refractivity contribution in [3.8, 4) is 0 Å². The number of carbonyl (C=O) groups is 1. The maximum atomic E-state index is 13.3. The second-order valence-electron chi connectivity index (χ2n) is 8.32. The molecule has 0 atom stereocenters. The van der Waals surface area contributed by atoms with E-state index in [1.807, 2.05) is 17.0 Å². The number of sulfonamides is 1. The quantitative estimate of drug-likeness (QED) is 0.741. The summed E-state index contributed by atoms with van der Waals surface area (Å²) in [7, 11) is -3.51. The van der Waals surface area contributed by atoms with Crippen molar-refractivity contribution in [1.82, 2.24) is 14.5 Å². The molecule has 31 heavy (non-hydrogen) atoms. The number of nitrogens with zero attached hydrogens (tertiary/aromatic N) is 2. The fourth-order valence-corrected chi connectivity index (χ4v) is 5.74. The van der Waals surface area contributed by atoms with Gasteiger partial charge in [-0.3, -0.25) is 9.69 Å². The number of hydrogen-bond donors (Lipinski definition) is 1. The van der Waals surface area contributed by atoms with Gasteiger partial charge < -0.3 is 5.32 Å². The average molecular weight is 446 g/mol. The van der Waals surface area contributed by atoms with E-state index >= 15 is 0 Å². The van der Waals surface area contributed by atoms with Gasteiger partial charge >= 0.3 is 0 Å². The molecule has 2 aliphatic rings. The summed E-state index contributed by atoms with van der Waals surface area (Å²) >= 11 is 0. The molecule has 0 aromatic heterocycles. The molecule has 4 rings (SSSR count). The Morgan fingerprint density at radius 3 is 2.52 bits per heavy atom. The lowest BCUT2D eigenvalue weighted by atomic mass is 10.1. The monoisotopic (exact) mass is 445 g/mol. The summed E-state index contributed by atoms with van der Waals surface area (Å²) in [5, 5.41) is 2.85. The second kappa shape index (κ2) is 9.06. The highest BCUT2D eigenvalue weighted by atomic mass is 32.2. The number of benzene rings is 2. The normalized spacial score (nSPS) is 17.5. The Kier molecular flexibility index (Phi) is 6.41. The fraction of sp³-hybridized carbons (Fsp3) is 0.435. The van der Waals surface area contributed by atoms with Crippen molar-refractivity contribution in [2.45, 2.75) is 37.6 Å². The van der Waals surface area contributed by atoms with E-state index in [1.165, 1.54) is 15.9 Å². The molecule has 1 aliphatic carbocycles. The van der Waals surface area contributed by atoms with Crippen LogP contribution in [-0.2, 0) is 34.2 Å². The van der Waals surface area contributed by atoms with Crippen LogP contribution in [0.5, 0.6) is 0 Å². The van der Waals surface area contributed by atoms with Crippen molar-refractivity contribution in [2.24, 2.45) is 0 Å². The smallest absolute Gasteiger partial charge is 0.243 e. The predicted octanol–water partition coefficient (Wildman–Crippen LogP) is 2.25. The lowest BCUT2D eigenvalue weighted by Gasteiger charge is -2.33. The van der Waals surface area contributed by atoms with E-state index < -0.39 is 10.0 Å². The summed E-state index contributed by atoms with van der Waals surface area (Å²) in [6, 6.07) is 10.3. The summed E-state index contributed by atoms with van der Waals surface area (Å²) in [5.74, 6) is -0.389. The van der Waals surface area contributed by atoms with Crippen molar-refractivity contribution in [2.75, 3.05) is 32.7 Å². The molecule has 0 saturated carbocycles. The lowest BCUT2D eigenvalue weighted by Crippen LogP contribution is -2.51. The van der Waals surface area contributed by atoms with Crippen LogP contribution >= 0.6 is 0 Å². The zero-order chi connectivity index (χ0) is 22.0. The van der Waals surface area contributed by atoms with Crippen molar-refractivity contribution < 1.29 is 17.6 Å². The van der Waals surface area contributed by atoms with Crippen LogP contribution in [0.25, 0.3) is 0 Å². The van der Waals surface area contributed by atoms with Crippen LogP contribution in [0.1, 0.15) is 28.7 Å². The SMILES string of the molecule is Cc1cc(CNC(=O)CN2CCN(S(=O)(=O)c3ccc4c(c3)CCC4)CC2)ccc1F. The van der Waals surface area contributed by atoms with Crippen LogP contribution in [0.3, 0.4) is 0 Å². The first-order chi connectivity index (χ1) is 14.8. The van der Waals surface area contributed by atoms with Crippen molar-refractivity contribution in [1.29, 1.82) is 0 Å². The number of aryl methyl sites for hydroxylation is 3. The zero-order valence-electron chi connectivity index (χ0n) is 17.7. The van der Waals surface area contributed by atoms with E-state index in [0.29, 0.717) is 43.2 Å². The standard InChI is InChI=1S/C23H28FN3O3S/c1-17-13-18(5-8-22(17)24)15-25-23(28)16-26-9-11-27(12-10-26)31(29,30)21-7-6-19-3-2-4-20(19)14-21/h5-8,13-14H,2-4,9-12,15-16H2,1H3,(H,25,28). The minimum absolute atomic E-state index is 0.128. The van der Waals surface area contributed by atoms with Crippen LogP contribution in [0.4, 0.5) is 4.39 Å². The molecule has 2 aromatic rings. The molecule has 2 aromatic carbocycles. The summed E-state index contributed by atoms with van der Waals surface area (Å²) in [4.78, 5) is 14.6. The van der Waals surface area contributed by atoms with Crippen LogP contribution in [0.2, 0.25) is 0 Å². The first-order valence-corrected chi connectivity index (χ1v) is 12.1. The predicted molar refractivity (Wildman–Crippen MR) is 117 cm³/mol. The molecule has 1 aliphatic heterocycles. The highest BCUT2D eigenvalue weighted by molar-refractivity contribution is 7.89. The molecule has 1 heterocycles. The highest BCUT2D eigenvalue weighted by Gasteiger charge is 2.29. The van der Waals surface area contributed by atoms with Crippen LogP contribution in [-0.4, -0.2) is 56.3 Å². The number of piperazine rings is 1. The third kappa shape index (κ3) is 4.97. The van der Waals surface area contributed by atoms with E-state index in [9.17, 15) is 17.6 Å². The first kappa shape index (κ1) is 21.9. The van der Waals surface area contributed by atoms with Gasteiger partial charge in [0, 0.05) is 32.7 Å². The van der Waals surface area contributed by atoms with Gasteiger partial charge in [-0.05, 0) is 66.6 Å². The zero-order valence-corrected chi connectivity index (χ0v) is 18.5. The maximum absolute atomic E-state index is 13.3. The third-order valence-corrected chi connectivity index (χ3v) is 8.01. The number of rotatable bonds is 6. The van der Waals surface area contributed by atoms with E-state index in [-0.39, 0.29) is 18.3 Å². The highest BCUT2D eigenvalue weighted by Crippen LogP contribution is 2.26. The van der Waals surface area contributed by atoms with Gasteiger partial charge in [0.05, 0.1) is 11.4 Å². The van der Waals surface area contributed by atoms with Crippen molar-refractivity contribution in [3.05, 3.63) is 64.5 Å². The van der Waals surface area contributed by atoms with Crippen molar-refractivity contribution in [3.63, 3.8) is 0 Å². The number of amides is 1. The third-order valence-electron chi connectivity index (χ3n) is 6.12.